The van der Waals surface area contributed by atoms with Gasteiger partial charge in [0.1, 0.15) is 11.9 Å². The summed E-state index contributed by atoms with van der Waals surface area (Å²) < 4.78 is 6.37. The van der Waals surface area contributed by atoms with E-state index in [2.05, 4.69) is 59.7 Å². The first-order chi connectivity index (χ1) is 9.74. The van der Waals surface area contributed by atoms with E-state index in [9.17, 15) is 5.11 Å². The maximum absolute atomic E-state index is 10.2. The van der Waals surface area contributed by atoms with Gasteiger partial charge >= 0.3 is 0 Å². The monoisotopic (exact) mass is 290 g/mol. The van der Waals surface area contributed by atoms with Gasteiger partial charge in [-0.3, -0.25) is 0 Å². The summed E-state index contributed by atoms with van der Waals surface area (Å²) in [6.07, 6.45) is 2.59. The number of aliphatic hydroxyl groups is 1. The molecule has 0 saturated heterocycles. The van der Waals surface area contributed by atoms with Crippen LogP contribution in [0.3, 0.4) is 0 Å². The highest BCUT2D eigenvalue weighted by atomic mass is 16.5. The fourth-order valence-corrected chi connectivity index (χ4v) is 3.55. The summed E-state index contributed by atoms with van der Waals surface area (Å²) in [5, 5.41) is 10.2. The molecule has 2 unspecified atom stereocenters. The van der Waals surface area contributed by atoms with Gasteiger partial charge in [0.15, 0.2) is 0 Å². The maximum atomic E-state index is 10.2. The van der Waals surface area contributed by atoms with Gasteiger partial charge in [0.05, 0.1) is 6.10 Å². The second-order valence-electron chi connectivity index (χ2n) is 7.55. The Kier molecular flexibility index (Phi) is 4.39. The molecule has 0 amide bonds. The van der Waals surface area contributed by atoms with Gasteiger partial charge in [-0.25, -0.2) is 0 Å². The van der Waals surface area contributed by atoms with Crippen molar-refractivity contribution in [1.82, 2.24) is 0 Å². The Balaban J connectivity index is 2.29. The van der Waals surface area contributed by atoms with Crippen LogP contribution < -0.4 is 4.74 Å². The molecule has 1 aliphatic carbocycles. The zero-order valence-corrected chi connectivity index (χ0v) is 14.4. The first-order valence-electron chi connectivity index (χ1n) is 8.20. The third-order valence-electron chi connectivity index (χ3n) is 5.27. The van der Waals surface area contributed by atoms with Crippen molar-refractivity contribution in [1.29, 1.82) is 0 Å². The third kappa shape index (κ3) is 2.83. The van der Waals surface area contributed by atoms with Crippen molar-refractivity contribution in [3.8, 4) is 5.75 Å². The predicted octanol–water partition coefficient (Wildman–Crippen LogP) is 4.61. The quantitative estimate of drug-likeness (QED) is 0.877. The van der Waals surface area contributed by atoms with E-state index in [1.807, 2.05) is 0 Å². The van der Waals surface area contributed by atoms with Gasteiger partial charge < -0.3 is 9.84 Å². The Bertz CT molecular complexity index is 495. The normalized spacial score (nSPS) is 24.5. The molecular weight excluding hydrogens is 260 g/mol. The molecule has 1 aromatic carbocycles. The summed E-state index contributed by atoms with van der Waals surface area (Å²) in [5.74, 6) is 0.983. The molecule has 2 atom stereocenters. The Morgan fingerprint density at radius 1 is 1.24 bits per heavy atom. The average Bonchev–Trinajstić information content (AvgIpc) is 2.40. The Labute approximate surface area is 129 Å². The van der Waals surface area contributed by atoms with Crippen molar-refractivity contribution in [2.45, 2.75) is 78.4 Å². The van der Waals surface area contributed by atoms with Crippen LogP contribution >= 0.6 is 0 Å². The topological polar surface area (TPSA) is 29.5 Å². The molecule has 2 rings (SSSR count). The smallest absolute Gasteiger partial charge is 0.123 e. The van der Waals surface area contributed by atoms with Crippen LogP contribution in [0.15, 0.2) is 18.2 Å². The molecule has 2 heteroatoms. The summed E-state index contributed by atoms with van der Waals surface area (Å²) in [7, 11) is 0. The SMILES string of the molecule is CCC1(CC)C(O)CC1Oc1ccc(C)cc1C(C)(C)C. The number of aryl methyl sites for hydroxylation is 1. The van der Waals surface area contributed by atoms with Crippen molar-refractivity contribution in [2.75, 3.05) is 0 Å². The zero-order chi connectivity index (χ0) is 15.8. The van der Waals surface area contributed by atoms with E-state index in [0.29, 0.717) is 0 Å². The third-order valence-corrected chi connectivity index (χ3v) is 5.27. The van der Waals surface area contributed by atoms with E-state index in [1.165, 1.54) is 11.1 Å². The van der Waals surface area contributed by atoms with E-state index in [1.54, 1.807) is 0 Å². The van der Waals surface area contributed by atoms with Crippen LogP contribution in [0.5, 0.6) is 5.75 Å². The van der Waals surface area contributed by atoms with Crippen molar-refractivity contribution in [3.05, 3.63) is 29.3 Å². The number of benzene rings is 1. The largest absolute Gasteiger partial charge is 0.489 e. The number of hydrogen-bond acceptors (Lipinski definition) is 2. The molecule has 1 N–H and O–H groups in total. The summed E-state index contributed by atoms with van der Waals surface area (Å²) in [4.78, 5) is 0. The molecule has 1 aromatic rings. The molecular formula is C19H30O2. The lowest BCUT2D eigenvalue weighted by Crippen LogP contribution is -2.59. The molecule has 0 aliphatic heterocycles. The van der Waals surface area contributed by atoms with Crippen molar-refractivity contribution < 1.29 is 9.84 Å². The van der Waals surface area contributed by atoms with Gasteiger partial charge in [-0.2, -0.15) is 0 Å². The Morgan fingerprint density at radius 3 is 2.33 bits per heavy atom. The highest BCUT2D eigenvalue weighted by molar-refractivity contribution is 5.41. The fourth-order valence-electron chi connectivity index (χ4n) is 3.55. The Morgan fingerprint density at radius 2 is 1.86 bits per heavy atom. The van der Waals surface area contributed by atoms with Crippen LogP contribution in [0, 0.1) is 12.3 Å². The second kappa shape index (κ2) is 5.64. The highest BCUT2D eigenvalue weighted by Gasteiger charge is 2.53. The van der Waals surface area contributed by atoms with E-state index in [4.69, 9.17) is 4.74 Å². The number of hydrogen-bond donors (Lipinski definition) is 1. The highest BCUT2D eigenvalue weighted by Crippen LogP contribution is 2.49. The maximum Gasteiger partial charge on any atom is 0.123 e. The van der Waals surface area contributed by atoms with Crippen molar-refractivity contribution in [3.63, 3.8) is 0 Å². The van der Waals surface area contributed by atoms with Gasteiger partial charge in [0.2, 0.25) is 0 Å². The molecule has 21 heavy (non-hydrogen) atoms. The molecule has 2 nitrogen and oxygen atoms in total. The molecule has 0 bridgehead atoms. The number of rotatable bonds is 4. The molecule has 1 fully saturated rings. The summed E-state index contributed by atoms with van der Waals surface area (Å²) in [6.45, 7) is 13.1. The average molecular weight is 290 g/mol. The molecule has 118 valence electrons. The lowest BCUT2D eigenvalue weighted by Gasteiger charge is -2.52. The first kappa shape index (κ1) is 16.4. The second-order valence-corrected chi connectivity index (χ2v) is 7.55. The lowest BCUT2D eigenvalue weighted by atomic mass is 9.60. The summed E-state index contributed by atoms with van der Waals surface area (Å²) in [6, 6.07) is 6.43. The van der Waals surface area contributed by atoms with Gasteiger partial charge in [-0.15, -0.1) is 0 Å². The van der Waals surface area contributed by atoms with Gasteiger partial charge in [-0.05, 0) is 36.8 Å². The molecule has 0 spiro atoms. The first-order valence-corrected chi connectivity index (χ1v) is 8.20. The van der Waals surface area contributed by atoms with Crippen LogP contribution in [-0.2, 0) is 5.41 Å². The van der Waals surface area contributed by atoms with E-state index < -0.39 is 0 Å². The van der Waals surface area contributed by atoms with E-state index in [-0.39, 0.29) is 23.0 Å². The minimum absolute atomic E-state index is 0.0603. The van der Waals surface area contributed by atoms with E-state index >= 15 is 0 Å². The predicted molar refractivity (Wildman–Crippen MR) is 87.9 cm³/mol. The van der Waals surface area contributed by atoms with Gasteiger partial charge in [0, 0.05) is 11.8 Å². The molecule has 1 aliphatic rings. The van der Waals surface area contributed by atoms with Crippen molar-refractivity contribution in [2.24, 2.45) is 5.41 Å². The molecule has 0 radical (unpaired) electrons. The lowest BCUT2D eigenvalue weighted by molar-refractivity contribution is -0.160. The van der Waals surface area contributed by atoms with Crippen LogP contribution in [0.2, 0.25) is 0 Å². The van der Waals surface area contributed by atoms with Crippen LogP contribution in [0.25, 0.3) is 0 Å². The number of aliphatic hydroxyl groups excluding tert-OH is 1. The fraction of sp³-hybridized carbons (Fsp3) is 0.684. The summed E-state index contributed by atoms with van der Waals surface area (Å²) >= 11 is 0. The zero-order valence-electron chi connectivity index (χ0n) is 14.4. The van der Waals surface area contributed by atoms with Crippen LogP contribution in [-0.4, -0.2) is 17.3 Å². The van der Waals surface area contributed by atoms with Crippen LogP contribution in [0.4, 0.5) is 0 Å². The standard InChI is InChI=1S/C19H30O2/c1-7-19(8-2)16(20)12-17(19)21-15-10-9-13(3)11-14(15)18(4,5)6/h9-11,16-17,20H,7-8,12H2,1-6H3. The van der Waals surface area contributed by atoms with Crippen molar-refractivity contribution >= 4 is 0 Å². The van der Waals surface area contributed by atoms with Crippen LogP contribution in [0.1, 0.15) is 65.0 Å². The minimum atomic E-state index is -0.221. The minimum Gasteiger partial charge on any atom is -0.489 e. The Hall–Kier alpha value is -1.02. The molecule has 0 heterocycles. The van der Waals surface area contributed by atoms with Gasteiger partial charge in [-0.1, -0.05) is 52.3 Å². The molecule has 0 aromatic heterocycles. The number of ether oxygens (including phenoxy) is 1. The van der Waals surface area contributed by atoms with Gasteiger partial charge in [0.25, 0.3) is 0 Å². The molecule has 1 saturated carbocycles. The summed E-state index contributed by atoms with van der Waals surface area (Å²) in [5.41, 5.74) is 2.51. The van der Waals surface area contributed by atoms with E-state index in [0.717, 1.165) is 25.0 Å².